The van der Waals surface area contributed by atoms with Crippen molar-refractivity contribution in [3.05, 3.63) is 0 Å². The molecule has 1 fully saturated rings. The molecule has 0 aromatic heterocycles. The van der Waals surface area contributed by atoms with Crippen LogP contribution in [0.15, 0.2) is 0 Å². The first-order valence-corrected chi connectivity index (χ1v) is 6.07. The fraction of sp³-hybridized carbons (Fsp3) is 0.917. The summed E-state index contributed by atoms with van der Waals surface area (Å²) in [7, 11) is 0. The minimum atomic E-state index is 0.348. The van der Waals surface area contributed by atoms with Gasteiger partial charge < -0.3 is 10.4 Å². The van der Waals surface area contributed by atoms with Crippen LogP contribution in [0.4, 0.5) is 0 Å². The van der Waals surface area contributed by atoms with E-state index in [-0.39, 0.29) is 0 Å². The first-order valence-electron chi connectivity index (χ1n) is 6.07. The van der Waals surface area contributed by atoms with Crippen LogP contribution in [0.2, 0.25) is 0 Å². The van der Waals surface area contributed by atoms with Gasteiger partial charge in [0.2, 0.25) is 0 Å². The van der Waals surface area contributed by atoms with Crippen LogP contribution in [-0.2, 0) is 0 Å². The quantitative estimate of drug-likeness (QED) is 0.629. The minimum Gasteiger partial charge on any atom is -0.396 e. The number of hydrogen-bond acceptors (Lipinski definition) is 3. The van der Waals surface area contributed by atoms with Crippen molar-refractivity contribution >= 4 is 0 Å². The van der Waals surface area contributed by atoms with Crippen molar-refractivity contribution < 1.29 is 5.11 Å². The molecular formula is C12H22N2O. The highest BCUT2D eigenvalue weighted by Crippen LogP contribution is 2.30. The second-order valence-corrected chi connectivity index (χ2v) is 4.45. The van der Waals surface area contributed by atoms with Gasteiger partial charge in [-0.05, 0) is 50.6 Å². The maximum Gasteiger partial charge on any atom is 0.0621 e. The highest BCUT2D eigenvalue weighted by atomic mass is 16.3. The van der Waals surface area contributed by atoms with E-state index in [1.165, 1.54) is 19.3 Å². The Morgan fingerprint density at radius 3 is 2.80 bits per heavy atom. The molecule has 15 heavy (non-hydrogen) atoms. The number of unbranched alkanes of at least 4 members (excludes halogenated alkanes) is 2. The summed E-state index contributed by atoms with van der Waals surface area (Å²) in [5.41, 5.74) is 0. The third kappa shape index (κ3) is 4.63. The van der Waals surface area contributed by atoms with Crippen LogP contribution in [0.1, 0.15) is 38.5 Å². The Hall–Kier alpha value is -0.590. The predicted molar refractivity (Wildman–Crippen MR) is 60.3 cm³/mol. The molecule has 0 bridgehead atoms. The largest absolute Gasteiger partial charge is 0.396 e. The Bertz CT molecular complexity index is 200. The highest BCUT2D eigenvalue weighted by molar-refractivity contribution is 4.78. The summed E-state index contributed by atoms with van der Waals surface area (Å²) in [6, 6.07) is 2.16. The molecular weight excluding hydrogens is 188 g/mol. The van der Waals surface area contributed by atoms with Crippen molar-refractivity contribution in [2.24, 2.45) is 11.8 Å². The van der Waals surface area contributed by atoms with Crippen LogP contribution in [0.5, 0.6) is 0 Å². The summed E-state index contributed by atoms with van der Waals surface area (Å²) in [6.07, 6.45) is 6.48. The number of aliphatic hydroxyl groups excluding tert-OH is 1. The fourth-order valence-corrected chi connectivity index (χ4v) is 2.36. The molecule has 0 heterocycles. The van der Waals surface area contributed by atoms with Crippen molar-refractivity contribution in [3.8, 4) is 6.07 Å². The van der Waals surface area contributed by atoms with Crippen molar-refractivity contribution in [2.45, 2.75) is 38.5 Å². The van der Waals surface area contributed by atoms with E-state index in [0.717, 1.165) is 25.9 Å². The molecule has 1 aliphatic carbocycles. The lowest BCUT2D eigenvalue weighted by Crippen LogP contribution is -2.27. The van der Waals surface area contributed by atoms with Gasteiger partial charge in [0.1, 0.15) is 0 Å². The molecule has 0 aliphatic heterocycles. The van der Waals surface area contributed by atoms with E-state index in [9.17, 15) is 0 Å². The van der Waals surface area contributed by atoms with Crippen LogP contribution in [0, 0.1) is 23.2 Å². The maximum atomic E-state index is 9.15. The van der Waals surface area contributed by atoms with Crippen molar-refractivity contribution in [3.63, 3.8) is 0 Å². The lowest BCUT2D eigenvalue weighted by atomic mass is 9.97. The van der Waals surface area contributed by atoms with Crippen LogP contribution >= 0.6 is 0 Å². The van der Waals surface area contributed by atoms with Gasteiger partial charge in [0.25, 0.3) is 0 Å². The predicted octanol–water partition coefficient (Wildman–Crippen LogP) is 1.68. The SMILES string of the molecule is N#CCCCCNCC1CCCC1CO. The van der Waals surface area contributed by atoms with E-state index >= 15 is 0 Å². The summed E-state index contributed by atoms with van der Waals surface area (Å²) in [6.45, 7) is 2.40. The monoisotopic (exact) mass is 210 g/mol. The molecule has 0 aromatic rings. The topological polar surface area (TPSA) is 56.0 Å². The zero-order valence-corrected chi connectivity index (χ0v) is 9.41. The van der Waals surface area contributed by atoms with Crippen molar-refractivity contribution in [1.82, 2.24) is 5.32 Å². The third-order valence-electron chi connectivity index (χ3n) is 3.35. The molecule has 0 amide bonds. The molecule has 1 saturated carbocycles. The average molecular weight is 210 g/mol. The van der Waals surface area contributed by atoms with Crippen LogP contribution in [-0.4, -0.2) is 24.8 Å². The lowest BCUT2D eigenvalue weighted by molar-refractivity contribution is 0.192. The number of aliphatic hydroxyl groups is 1. The summed E-state index contributed by atoms with van der Waals surface area (Å²) < 4.78 is 0. The van der Waals surface area contributed by atoms with Gasteiger partial charge in [0.05, 0.1) is 6.07 Å². The van der Waals surface area contributed by atoms with Gasteiger partial charge in [-0.2, -0.15) is 5.26 Å². The number of nitriles is 1. The average Bonchev–Trinajstić information content (AvgIpc) is 2.70. The Kier molecular flexibility index (Phi) is 6.38. The molecule has 1 aliphatic rings. The lowest BCUT2D eigenvalue weighted by Gasteiger charge is -2.17. The van der Waals surface area contributed by atoms with E-state index in [2.05, 4.69) is 11.4 Å². The molecule has 2 atom stereocenters. The third-order valence-corrected chi connectivity index (χ3v) is 3.35. The van der Waals surface area contributed by atoms with Gasteiger partial charge in [0.15, 0.2) is 0 Å². The standard InChI is InChI=1S/C12H22N2O/c13-7-2-1-3-8-14-9-11-5-4-6-12(11)10-15/h11-12,14-15H,1-6,8-10H2. The van der Waals surface area contributed by atoms with Gasteiger partial charge in [-0.1, -0.05) is 6.42 Å². The second-order valence-electron chi connectivity index (χ2n) is 4.45. The van der Waals surface area contributed by atoms with Crippen LogP contribution in [0.25, 0.3) is 0 Å². The Morgan fingerprint density at radius 1 is 1.27 bits per heavy atom. The first kappa shape index (κ1) is 12.5. The number of nitrogens with one attached hydrogen (secondary N) is 1. The number of rotatable bonds is 7. The normalized spacial score (nSPS) is 25.3. The summed E-state index contributed by atoms with van der Waals surface area (Å²) in [4.78, 5) is 0. The van der Waals surface area contributed by atoms with E-state index in [1.54, 1.807) is 0 Å². The molecule has 0 saturated heterocycles. The maximum absolute atomic E-state index is 9.15. The van der Waals surface area contributed by atoms with Gasteiger partial charge in [0, 0.05) is 13.0 Å². The minimum absolute atomic E-state index is 0.348. The zero-order valence-electron chi connectivity index (χ0n) is 9.41. The summed E-state index contributed by atoms with van der Waals surface area (Å²) >= 11 is 0. The van der Waals surface area contributed by atoms with Gasteiger partial charge >= 0.3 is 0 Å². The number of hydrogen-bond donors (Lipinski definition) is 2. The smallest absolute Gasteiger partial charge is 0.0621 e. The molecule has 1 rings (SSSR count). The summed E-state index contributed by atoms with van der Waals surface area (Å²) in [5, 5.41) is 20.9. The summed E-state index contributed by atoms with van der Waals surface area (Å²) in [5.74, 6) is 1.20. The molecule has 3 nitrogen and oxygen atoms in total. The van der Waals surface area contributed by atoms with Crippen molar-refractivity contribution in [2.75, 3.05) is 19.7 Å². The highest BCUT2D eigenvalue weighted by Gasteiger charge is 2.25. The Balaban J connectivity index is 1.97. The first-order chi connectivity index (χ1) is 7.38. The molecule has 2 unspecified atom stereocenters. The van der Waals surface area contributed by atoms with Gasteiger partial charge in [-0.15, -0.1) is 0 Å². The van der Waals surface area contributed by atoms with Crippen molar-refractivity contribution in [1.29, 1.82) is 5.26 Å². The Labute approximate surface area is 92.5 Å². The molecule has 86 valence electrons. The molecule has 2 N–H and O–H groups in total. The van der Waals surface area contributed by atoms with Gasteiger partial charge in [-0.3, -0.25) is 0 Å². The van der Waals surface area contributed by atoms with E-state index in [1.807, 2.05) is 0 Å². The van der Waals surface area contributed by atoms with E-state index in [4.69, 9.17) is 10.4 Å². The van der Waals surface area contributed by atoms with E-state index in [0.29, 0.717) is 24.9 Å². The Morgan fingerprint density at radius 2 is 2.07 bits per heavy atom. The van der Waals surface area contributed by atoms with Gasteiger partial charge in [-0.25, -0.2) is 0 Å². The number of nitrogens with zero attached hydrogens (tertiary/aromatic N) is 1. The molecule has 0 spiro atoms. The molecule has 0 radical (unpaired) electrons. The second kappa shape index (κ2) is 7.67. The van der Waals surface area contributed by atoms with Crippen LogP contribution in [0.3, 0.4) is 0 Å². The van der Waals surface area contributed by atoms with E-state index < -0.39 is 0 Å². The fourth-order valence-electron chi connectivity index (χ4n) is 2.36. The van der Waals surface area contributed by atoms with Crippen LogP contribution < -0.4 is 5.32 Å². The molecule has 0 aromatic carbocycles. The molecule has 3 heteroatoms. The zero-order chi connectivity index (χ0) is 10.9.